The molecule has 0 spiro atoms. The van der Waals surface area contributed by atoms with E-state index in [-0.39, 0.29) is 0 Å². The number of carboxylic acids is 1. The number of allylic oxidation sites excluding steroid dienone is 1. The van der Waals surface area contributed by atoms with Crippen molar-refractivity contribution >= 4 is 12.0 Å². The van der Waals surface area contributed by atoms with Gasteiger partial charge in [0.15, 0.2) is 0 Å². The zero-order chi connectivity index (χ0) is 9.52. The van der Waals surface area contributed by atoms with Crippen molar-refractivity contribution < 1.29 is 9.90 Å². The van der Waals surface area contributed by atoms with Crippen molar-refractivity contribution in [1.82, 2.24) is 0 Å². The number of benzene rings is 1. The Labute approximate surface area is 76.5 Å². The predicted octanol–water partition coefficient (Wildman–Crippen LogP) is 1.79. The first-order chi connectivity index (χ1) is 6.29. The fourth-order valence-corrected chi connectivity index (χ4v) is 0.805. The maximum absolute atomic E-state index is 10.0. The van der Waals surface area contributed by atoms with Crippen LogP contribution in [0.3, 0.4) is 0 Å². The summed E-state index contributed by atoms with van der Waals surface area (Å²) in [6, 6.07) is 9.56. The van der Waals surface area contributed by atoms with Crippen LogP contribution < -0.4 is 0 Å². The number of rotatable bonds is 1. The van der Waals surface area contributed by atoms with Crippen molar-refractivity contribution in [3.05, 3.63) is 42.0 Å². The van der Waals surface area contributed by atoms with Gasteiger partial charge in [-0.05, 0) is 17.7 Å². The fraction of sp³-hybridized carbons (Fsp3) is 0. The zero-order valence-electron chi connectivity index (χ0n) is 6.90. The van der Waals surface area contributed by atoms with Crippen LogP contribution in [0.25, 0.3) is 6.08 Å². The molecule has 0 fully saturated rings. The minimum Gasteiger partial charge on any atom is -0.472 e. The van der Waals surface area contributed by atoms with Crippen molar-refractivity contribution in [2.75, 3.05) is 0 Å². The van der Waals surface area contributed by atoms with E-state index in [4.69, 9.17) is 5.11 Å². The Morgan fingerprint density at radius 3 is 2.62 bits per heavy atom. The molecule has 0 radical (unpaired) electrons. The first-order valence-electron chi connectivity index (χ1n) is 3.75. The third kappa shape index (κ3) is 3.78. The lowest BCUT2D eigenvalue weighted by Gasteiger charge is -1.86. The Morgan fingerprint density at radius 1 is 1.31 bits per heavy atom. The minimum atomic E-state index is -1.11. The molecule has 0 aliphatic heterocycles. The molecule has 0 aliphatic rings. The lowest BCUT2D eigenvalue weighted by Crippen LogP contribution is -1.85. The van der Waals surface area contributed by atoms with E-state index in [9.17, 15) is 4.79 Å². The smallest absolute Gasteiger partial charge is 0.382 e. The molecule has 0 saturated heterocycles. The first-order valence-corrected chi connectivity index (χ1v) is 3.75. The quantitative estimate of drug-likeness (QED) is 0.655. The highest BCUT2D eigenvalue weighted by molar-refractivity contribution is 5.87. The van der Waals surface area contributed by atoms with Gasteiger partial charge in [0.2, 0.25) is 0 Å². The maximum Gasteiger partial charge on any atom is 0.382 e. The molecular weight excluding hydrogens is 164 g/mol. The van der Waals surface area contributed by atoms with Crippen LogP contribution >= 0.6 is 0 Å². The van der Waals surface area contributed by atoms with E-state index in [2.05, 4.69) is 5.92 Å². The Kier molecular flexibility index (Phi) is 3.34. The van der Waals surface area contributed by atoms with Crippen LogP contribution in [0.2, 0.25) is 0 Å². The van der Waals surface area contributed by atoms with Crippen molar-refractivity contribution in [2.24, 2.45) is 0 Å². The highest BCUT2D eigenvalue weighted by Crippen LogP contribution is 1.99. The summed E-state index contributed by atoms with van der Waals surface area (Å²) in [6.45, 7) is 0. The standard InChI is InChI=1S/C11H8O2/c12-11(13)9-5-4-8-10-6-2-1-3-7-10/h1-4,6-8H,(H,12,13)/b8-4+. The van der Waals surface area contributed by atoms with Crippen molar-refractivity contribution in [1.29, 1.82) is 0 Å². The average Bonchev–Trinajstić information content (AvgIpc) is 2.14. The van der Waals surface area contributed by atoms with E-state index in [1.165, 1.54) is 6.08 Å². The van der Waals surface area contributed by atoms with Crippen LogP contribution in [0.1, 0.15) is 5.56 Å². The molecule has 0 aliphatic carbocycles. The molecule has 0 amide bonds. The fourth-order valence-electron chi connectivity index (χ4n) is 0.805. The topological polar surface area (TPSA) is 37.3 Å². The normalized spacial score (nSPS) is 9.23. The van der Waals surface area contributed by atoms with Gasteiger partial charge in [-0.2, -0.15) is 0 Å². The largest absolute Gasteiger partial charge is 0.472 e. The molecule has 13 heavy (non-hydrogen) atoms. The average molecular weight is 172 g/mol. The summed E-state index contributed by atoms with van der Waals surface area (Å²) in [5.41, 5.74) is 1.00. The second-order valence-electron chi connectivity index (χ2n) is 2.32. The molecule has 0 saturated carbocycles. The van der Waals surface area contributed by atoms with E-state index in [1.807, 2.05) is 36.3 Å². The number of carbonyl (C=O) groups is 1. The Morgan fingerprint density at radius 2 is 2.00 bits per heavy atom. The van der Waals surface area contributed by atoms with Gasteiger partial charge < -0.3 is 5.11 Å². The summed E-state index contributed by atoms with van der Waals surface area (Å²) >= 11 is 0. The van der Waals surface area contributed by atoms with Crippen molar-refractivity contribution in [3.63, 3.8) is 0 Å². The Bertz CT molecular complexity index is 366. The van der Waals surface area contributed by atoms with Crippen LogP contribution in [0.5, 0.6) is 0 Å². The van der Waals surface area contributed by atoms with Crippen molar-refractivity contribution in [2.45, 2.75) is 0 Å². The van der Waals surface area contributed by atoms with Gasteiger partial charge in [0.25, 0.3) is 0 Å². The molecule has 0 atom stereocenters. The second kappa shape index (κ2) is 4.78. The van der Waals surface area contributed by atoms with Gasteiger partial charge in [-0.25, -0.2) is 4.79 Å². The summed E-state index contributed by atoms with van der Waals surface area (Å²) in [5.74, 6) is 3.29. The van der Waals surface area contributed by atoms with Gasteiger partial charge in [-0.15, -0.1) is 0 Å². The Hall–Kier alpha value is -2.01. The monoisotopic (exact) mass is 172 g/mol. The van der Waals surface area contributed by atoms with E-state index in [0.29, 0.717) is 0 Å². The summed E-state index contributed by atoms with van der Waals surface area (Å²) in [6.07, 6.45) is 3.28. The van der Waals surface area contributed by atoms with Crippen LogP contribution in [0.4, 0.5) is 0 Å². The van der Waals surface area contributed by atoms with Gasteiger partial charge in [0, 0.05) is 5.92 Å². The SMILES string of the molecule is O=C(O)C#C/C=C/c1ccccc1. The van der Waals surface area contributed by atoms with Crippen LogP contribution in [0.15, 0.2) is 36.4 Å². The van der Waals surface area contributed by atoms with E-state index in [0.717, 1.165) is 5.56 Å². The number of carboxylic acid groups (broad SMARTS) is 1. The van der Waals surface area contributed by atoms with E-state index >= 15 is 0 Å². The lowest BCUT2D eigenvalue weighted by atomic mass is 10.2. The maximum atomic E-state index is 10.0. The number of aliphatic carboxylic acids is 1. The molecule has 0 heterocycles. The molecule has 1 N–H and O–H groups in total. The number of hydrogen-bond donors (Lipinski definition) is 1. The first kappa shape index (κ1) is 9.08. The summed E-state index contributed by atoms with van der Waals surface area (Å²) in [5, 5.41) is 8.20. The van der Waals surface area contributed by atoms with Crippen LogP contribution in [-0.4, -0.2) is 11.1 Å². The van der Waals surface area contributed by atoms with Gasteiger partial charge in [0.1, 0.15) is 0 Å². The lowest BCUT2D eigenvalue weighted by molar-refractivity contribution is -0.130. The molecule has 1 aromatic carbocycles. The molecule has 1 aromatic rings. The van der Waals surface area contributed by atoms with Gasteiger partial charge >= 0.3 is 5.97 Å². The molecule has 0 aromatic heterocycles. The highest BCUT2D eigenvalue weighted by atomic mass is 16.4. The molecular formula is C11H8O2. The summed E-state index contributed by atoms with van der Waals surface area (Å²) < 4.78 is 0. The molecule has 0 bridgehead atoms. The number of hydrogen-bond acceptors (Lipinski definition) is 1. The van der Waals surface area contributed by atoms with Crippen LogP contribution in [0, 0.1) is 11.8 Å². The zero-order valence-corrected chi connectivity index (χ0v) is 6.90. The molecule has 1 rings (SSSR count). The summed E-state index contributed by atoms with van der Waals surface area (Å²) in [7, 11) is 0. The van der Waals surface area contributed by atoms with Crippen LogP contribution in [-0.2, 0) is 4.79 Å². The molecule has 64 valence electrons. The van der Waals surface area contributed by atoms with Gasteiger partial charge in [-0.1, -0.05) is 36.3 Å². The minimum absolute atomic E-state index is 1.00. The molecule has 2 heteroatoms. The van der Waals surface area contributed by atoms with Gasteiger partial charge in [0.05, 0.1) is 0 Å². The third-order valence-corrected chi connectivity index (χ3v) is 1.34. The predicted molar refractivity (Wildman–Crippen MR) is 50.9 cm³/mol. The Balaban J connectivity index is 2.62. The highest BCUT2D eigenvalue weighted by Gasteiger charge is 1.81. The van der Waals surface area contributed by atoms with Gasteiger partial charge in [-0.3, -0.25) is 0 Å². The second-order valence-corrected chi connectivity index (χ2v) is 2.32. The molecule has 2 nitrogen and oxygen atoms in total. The van der Waals surface area contributed by atoms with Crippen molar-refractivity contribution in [3.8, 4) is 11.8 Å². The molecule has 0 unspecified atom stereocenters. The summed E-state index contributed by atoms with van der Waals surface area (Å²) in [4.78, 5) is 10.0. The van der Waals surface area contributed by atoms with E-state index in [1.54, 1.807) is 6.08 Å². The van der Waals surface area contributed by atoms with E-state index < -0.39 is 5.97 Å². The third-order valence-electron chi connectivity index (χ3n) is 1.34.